The minimum Gasteiger partial charge on any atom is -0.316 e. The summed E-state index contributed by atoms with van der Waals surface area (Å²) in [6.45, 7) is 5.30. The maximum Gasteiger partial charge on any atom is 0.243 e. The summed E-state index contributed by atoms with van der Waals surface area (Å²) in [6.07, 6.45) is 1.65. The first-order valence-corrected chi connectivity index (χ1v) is 10.0. The highest BCUT2D eigenvalue weighted by Crippen LogP contribution is 2.33. The third kappa shape index (κ3) is 2.55. The van der Waals surface area contributed by atoms with E-state index < -0.39 is 10.0 Å². The second-order valence-corrected chi connectivity index (χ2v) is 8.98. The Morgan fingerprint density at radius 1 is 1.21 bits per heavy atom. The van der Waals surface area contributed by atoms with Crippen LogP contribution in [0.5, 0.6) is 0 Å². The molecule has 2 fully saturated rings. The SMILES string of the molecule is CC(=O)N1CCc2cc(S(=O)(=O)N3CCC4CNCC4C3)ccc21. The zero-order valence-corrected chi connectivity index (χ0v) is 14.7. The van der Waals surface area contributed by atoms with E-state index >= 15 is 0 Å². The van der Waals surface area contributed by atoms with Gasteiger partial charge in [0, 0.05) is 32.2 Å². The Kier molecular flexibility index (Phi) is 3.89. The smallest absolute Gasteiger partial charge is 0.243 e. The van der Waals surface area contributed by atoms with E-state index in [1.54, 1.807) is 34.3 Å². The number of nitrogens with one attached hydrogen (secondary N) is 1. The van der Waals surface area contributed by atoms with Gasteiger partial charge in [-0.15, -0.1) is 0 Å². The lowest BCUT2D eigenvalue weighted by atomic mass is 9.90. The van der Waals surface area contributed by atoms with Gasteiger partial charge in [0.1, 0.15) is 0 Å². The first kappa shape index (κ1) is 16.1. The molecule has 7 heteroatoms. The monoisotopic (exact) mass is 349 g/mol. The first-order valence-electron chi connectivity index (χ1n) is 8.59. The van der Waals surface area contributed by atoms with Gasteiger partial charge in [0.25, 0.3) is 0 Å². The number of benzene rings is 1. The molecule has 0 aromatic heterocycles. The molecule has 3 aliphatic heterocycles. The van der Waals surface area contributed by atoms with E-state index in [4.69, 9.17) is 0 Å². The van der Waals surface area contributed by atoms with Crippen LogP contribution in [0.4, 0.5) is 5.69 Å². The lowest BCUT2D eigenvalue weighted by Gasteiger charge is -2.33. The third-order valence-electron chi connectivity index (χ3n) is 5.63. The average molecular weight is 349 g/mol. The molecule has 0 spiro atoms. The first-order chi connectivity index (χ1) is 11.5. The summed E-state index contributed by atoms with van der Waals surface area (Å²) in [7, 11) is -3.46. The second-order valence-electron chi connectivity index (χ2n) is 7.04. The Morgan fingerprint density at radius 3 is 2.79 bits per heavy atom. The standard InChI is InChI=1S/C17H23N3O3S/c1-12(21)20-7-5-13-8-16(2-3-17(13)20)24(22,23)19-6-4-14-9-18-10-15(14)11-19/h2-3,8,14-15,18H,4-7,9-11H2,1H3. The maximum atomic E-state index is 13.0. The molecule has 0 bridgehead atoms. The van der Waals surface area contributed by atoms with Gasteiger partial charge in [-0.3, -0.25) is 4.79 Å². The number of hydrogen-bond donors (Lipinski definition) is 1. The molecular weight excluding hydrogens is 326 g/mol. The molecule has 1 N–H and O–H groups in total. The van der Waals surface area contributed by atoms with Gasteiger partial charge in [0.15, 0.2) is 0 Å². The maximum absolute atomic E-state index is 13.0. The minimum atomic E-state index is -3.46. The molecule has 1 aromatic rings. The van der Waals surface area contributed by atoms with Crippen LogP contribution in [-0.2, 0) is 21.2 Å². The molecule has 0 aliphatic carbocycles. The number of rotatable bonds is 2. The zero-order valence-electron chi connectivity index (χ0n) is 13.9. The summed E-state index contributed by atoms with van der Waals surface area (Å²) in [5, 5.41) is 3.37. The molecule has 24 heavy (non-hydrogen) atoms. The van der Waals surface area contributed by atoms with Crippen molar-refractivity contribution in [2.24, 2.45) is 11.8 Å². The summed E-state index contributed by atoms with van der Waals surface area (Å²) in [6, 6.07) is 5.18. The summed E-state index contributed by atoms with van der Waals surface area (Å²) >= 11 is 0. The van der Waals surface area contributed by atoms with E-state index in [2.05, 4.69) is 5.32 Å². The van der Waals surface area contributed by atoms with Gasteiger partial charge in [-0.2, -0.15) is 4.31 Å². The number of hydrogen-bond acceptors (Lipinski definition) is 4. The Bertz CT molecular complexity index is 777. The van der Waals surface area contributed by atoms with Gasteiger partial charge >= 0.3 is 0 Å². The summed E-state index contributed by atoms with van der Waals surface area (Å²) < 4.78 is 27.7. The van der Waals surface area contributed by atoms with Crippen molar-refractivity contribution >= 4 is 21.6 Å². The van der Waals surface area contributed by atoms with Crippen LogP contribution in [0.2, 0.25) is 0 Å². The zero-order chi connectivity index (χ0) is 16.9. The predicted molar refractivity (Wildman–Crippen MR) is 91.4 cm³/mol. The Morgan fingerprint density at radius 2 is 2.00 bits per heavy atom. The van der Waals surface area contributed by atoms with Crippen LogP contribution in [-0.4, -0.2) is 51.4 Å². The number of sulfonamides is 1. The molecule has 3 aliphatic rings. The third-order valence-corrected chi connectivity index (χ3v) is 7.49. The van der Waals surface area contributed by atoms with Gasteiger partial charge in [-0.25, -0.2) is 8.42 Å². The fraction of sp³-hybridized carbons (Fsp3) is 0.588. The van der Waals surface area contributed by atoms with Crippen molar-refractivity contribution in [1.82, 2.24) is 9.62 Å². The van der Waals surface area contributed by atoms with Gasteiger partial charge < -0.3 is 10.2 Å². The molecule has 2 unspecified atom stereocenters. The number of carbonyl (C=O) groups excluding carboxylic acids is 1. The van der Waals surface area contributed by atoms with Gasteiger partial charge in [0.2, 0.25) is 15.9 Å². The fourth-order valence-electron chi connectivity index (χ4n) is 4.23. The second kappa shape index (κ2) is 5.82. The van der Waals surface area contributed by atoms with Crippen LogP contribution in [0.25, 0.3) is 0 Å². The van der Waals surface area contributed by atoms with Crippen LogP contribution in [0.1, 0.15) is 18.9 Å². The lowest BCUT2D eigenvalue weighted by Crippen LogP contribution is -2.43. The van der Waals surface area contributed by atoms with Gasteiger partial charge in [-0.1, -0.05) is 0 Å². The highest BCUT2D eigenvalue weighted by Gasteiger charge is 2.38. The van der Waals surface area contributed by atoms with Crippen molar-refractivity contribution in [2.75, 3.05) is 37.6 Å². The molecule has 6 nitrogen and oxygen atoms in total. The molecular formula is C17H23N3O3S. The van der Waals surface area contributed by atoms with Crippen LogP contribution >= 0.6 is 0 Å². The largest absolute Gasteiger partial charge is 0.316 e. The number of carbonyl (C=O) groups is 1. The molecule has 0 saturated carbocycles. The molecule has 2 saturated heterocycles. The van der Waals surface area contributed by atoms with E-state index in [-0.39, 0.29) is 5.91 Å². The van der Waals surface area contributed by atoms with Crippen LogP contribution < -0.4 is 10.2 Å². The number of piperidine rings is 1. The summed E-state index contributed by atoms with van der Waals surface area (Å²) in [5.41, 5.74) is 1.80. The van der Waals surface area contributed by atoms with Crippen LogP contribution in [0, 0.1) is 11.8 Å². The highest BCUT2D eigenvalue weighted by atomic mass is 32.2. The number of anilines is 1. The van der Waals surface area contributed by atoms with Crippen molar-refractivity contribution in [1.29, 1.82) is 0 Å². The Labute approximate surface area is 142 Å². The van der Waals surface area contributed by atoms with Crippen molar-refractivity contribution in [3.8, 4) is 0 Å². The average Bonchev–Trinajstić information content (AvgIpc) is 3.19. The van der Waals surface area contributed by atoms with Gasteiger partial charge in [-0.05, 0) is 61.5 Å². The van der Waals surface area contributed by atoms with Crippen molar-refractivity contribution in [3.63, 3.8) is 0 Å². The topological polar surface area (TPSA) is 69.7 Å². The highest BCUT2D eigenvalue weighted by molar-refractivity contribution is 7.89. The van der Waals surface area contributed by atoms with E-state index in [0.29, 0.717) is 42.8 Å². The van der Waals surface area contributed by atoms with Gasteiger partial charge in [0.05, 0.1) is 4.90 Å². The molecule has 1 aromatic carbocycles. The number of fused-ring (bicyclic) bond motifs is 2. The fourth-order valence-corrected chi connectivity index (χ4v) is 5.80. The summed E-state index contributed by atoms with van der Waals surface area (Å²) in [5.74, 6) is 1.04. The molecule has 3 heterocycles. The normalized spacial score (nSPS) is 27.1. The molecule has 1 amide bonds. The van der Waals surface area contributed by atoms with E-state index in [0.717, 1.165) is 30.8 Å². The van der Waals surface area contributed by atoms with E-state index in [9.17, 15) is 13.2 Å². The molecule has 130 valence electrons. The number of amides is 1. The molecule has 2 atom stereocenters. The quantitative estimate of drug-likeness (QED) is 0.858. The van der Waals surface area contributed by atoms with Crippen molar-refractivity contribution < 1.29 is 13.2 Å². The van der Waals surface area contributed by atoms with E-state index in [1.165, 1.54) is 0 Å². The minimum absolute atomic E-state index is 0.000151. The lowest BCUT2D eigenvalue weighted by molar-refractivity contribution is -0.116. The Hall–Kier alpha value is -1.44. The number of nitrogens with zero attached hydrogens (tertiary/aromatic N) is 2. The van der Waals surface area contributed by atoms with Crippen molar-refractivity contribution in [2.45, 2.75) is 24.7 Å². The van der Waals surface area contributed by atoms with E-state index in [1.807, 2.05) is 0 Å². The van der Waals surface area contributed by atoms with Crippen LogP contribution in [0.15, 0.2) is 23.1 Å². The molecule has 0 radical (unpaired) electrons. The predicted octanol–water partition coefficient (Wildman–Crippen LogP) is 0.826. The Balaban J connectivity index is 1.60. The van der Waals surface area contributed by atoms with Crippen molar-refractivity contribution in [3.05, 3.63) is 23.8 Å². The van der Waals surface area contributed by atoms with Crippen LogP contribution in [0.3, 0.4) is 0 Å². The summed E-state index contributed by atoms with van der Waals surface area (Å²) in [4.78, 5) is 13.7. The molecule has 4 rings (SSSR count).